The minimum atomic E-state index is -0.274. The third-order valence-corrected chi connectivity index (χ3v) is 4.74. The lowest BCUT2D eigenvalue weighted by Gasteiger charge is -2.30. The minimum absolute atomic E-state index is 0. The fraction of sp³-hybridized carbons (Fsp3) is 0.500. The maximum absolute atomic E-state index is 12.9. The van der Waals surface area contributed by atoms with Crippen LogP contribution in [0.4, 0.5) is 11.4 Å². The van der Waals surface area contributed by atoms with E-state index < -0.39 is 0 Å². The van der Waals surface area contributed by atoms with E-state index in [0.717, 1.165) is 19.4 Å². The zero-order chi connectivity index (χ0) is 18.0. The molecular formula is C18H25ClN4O3. The SMILES string of the molecule is CC1CC(=O)Nc2ccccc2N1C(=O)CN(C)C(=O)C1CCCN1.Cl. The first-order chi connectivity index (χ1) is 12.0. The molecule has 0 bridgehead atoms. The number of carbonyl (C=O) groups is 3. The highest BCUT2D eigenvalue weighted by atomic mass is 35.5. The molecule has 1 aromatic rings. The summed E-state index contributed by atoms with van der Waals surface area (Å²) in [4.78, 5) is 40.5. The molecule has 8 heteroatoms. The Bertz CT molecular complexity index is 691. The van der Waals surface area contributed by atoms with Crippen molar-refractivity contribution >= 4 is 41.5 Å². The van der Waals surface area contributed by atoms with E-state index in [0.29, 0.717) is 11.4 Å². The molecular weight excluding hydrogens is 356 g/mol. The number of nitrogens with one attached hydrogen (secondary N) is 2. The largest absolute Gasteiger partial charge is 0.335 e. The Hall–Kier alpha value is -2.12. The topological polar surface area (TPSA) is 81.8 Å². The van der Waals surface area contributed by atoms with Gasteiger partial charge in [-0.05, 0) is 38.4 Å². The first-order valence-corrected chi connectivity index (χ1v) is 8.66. The van der Waals surface area contributed by atoms with Crippen LogP contribution in [0.1, 0.15) is 26.2 Å². The highest BCUT2D eigenvalue weighted by Gasteiger charge is 2.32. The Morgan fingerprint density at radius 3 is 2.73 bits per heavy atom. The molecule has 0 saturated carbocycles. The average molecular weight is 381 g/mol. The molecule has 1 saturated heterocycles. The van der Waals surface area contributed by atoms with Crippen LogP contribution < -0.4 is 15.5 Å². The van der Waals surface area contributed by atoms with Crippen molar-refractivity contribution in [1.29, 1.82) is 0 Å². The Morgan fingerprint density at radius 2 is 2.04 bits per heavy atom. The van der Waals surface area contributed by atoms with Crippen LogP contribution in [0.3, 0.4) is 0 Å². The second-order valence-electron chi connectivity index (χ2n) is 6.73. The van der Waals surface area contributed by atoms with Crippen LogP contribution in [0.25, 0.3) is 0 Å². The zero-order valence-electron chi connectivity index (χ0n) is 15.0. The number of rotatable bonds is 3. The third-order valence-electron chi connectivity index (χ3n) is 4.74. The van der Waals surface area contributed by atoms with Crippen molar-refractivity contribution in [3.63, 3.8) is 0 Å². The highest BCUT2D eigenvalue weighted by molar-refractivity contribution is 6.05. The van der Waals surface area contributed by atoms with Crippen LogP contribution in [0.2, 0.25) is 0 Å². The fourth-order valence-corrected chi connectivity index (χ4v) is 3.49. The van der Waals surface area contributed by atoms with Crippen LogP contribution in [0.5, 0.6) is 0 Å². The van der Waals surface area contributed by atoms with Gasteiger partial charge in [0.2, 0.25) is 17.7 Å². The van der Waals surface area contributed by atoms with Crippen molar-refractivity contribution in [2.24, 2.45) is 0 Å². The van der Waals surface area contributed by atoms with Gasteiger partial charge in [-0.25, -0.2) is 0 Å². The molecule has 7 nitrogen and oxygen atoms in total. The summed E-state index contributed by atoms with van der Waals surface area (Å²) in [7, 11) is 1.65. The van der Waals surface area contributed by atoms with E-state index in [2.05, 4.69) is 10.6 Å². The standard InChI is InChI=1S/C18H24N4O3.ClH/c1-12-10-16(23)20-13-6-3-4-8-15(13)22(12)17(24)11-21(2)18(25)14-7-5-9-19-14;/h3-4,6,8,12,14,19H,5,7,9-11H2,1-2H3,(H,20,23);1H. The molecule has 0 radical (unpaired) electrons. The molecule has 2 aliphatic rings. The van der Waals surface area contributed by atoms with E-state index in [9.17, 15) is 14.4 Å². The number of fused-ring (bicyclic) bond motifs is 1. The lowest BCUT2D eigenvalue weighted by molar-refractivity contribution is -0.135. The number of benzene rings is 1. The summed E-state index contributed by atoms with van der Waals surface area (Å²) in [5.74, 6) is -0.365. The van der Waals surface area contributed by atoms with Crippen molar-refractivity contribution in [2.45, 2.75) is 38.3 Å². The number of anilines is 2. The van der Waals surface area contributed by atoms with E-state index in [1.807, 2.05) is 25.1 Å². The molecule has 26 heavy (non-hydrogen) atoms. The van der Waals surface area contributed by atoms with E-state index in [1.54, 1.807) is 18.0 Å². The number of para-hydroxylation sites is 2. The molecule has 1 fully saturated rings. The van der Waals surface area contributed by atoms with E-state index in [4.69, 9.17) is 0 Å². The Kier molecular flexibility index (Phi) is 6.61. The second-order valence-corrected chi connectivity index (χ2v) is 6.73. The summed E-state index contributed by atoms with van der Waals surface area (Å²) < 4.78 is 0. The maximum Gasteiger partial charge on any atom is 0.246 e. The van der Waals surface area contributed by atoms with E-state index in [-0.39, 0.29) is 55.2 Å². The molecule has 3 amide bonds. The number of hydrogen-bond donors (Lipinski definition) is 2. The van der Waals surface area contributed by atoms with Crippen LogP contribution in [-0.2, 0) is 14.4 Å². The van der Waals surface area contributed by atoms with Gasteiger partial charge in [-0.2, -0.15) is 0 Å². The molecule has 0 spiro atoms. The van der Waals surface area contributed by atoms with Crippen LogP contribution in [0, 0.1) is 0 Å². The summed E-state index contributed by atoms with van der Waals surface area (Å²) in [5, 5.41) is 5.99. The first-order valence-electron chi connectivity index (χ1n) is 8.66. The highest BCUT2D eigenvalue weighted by Crippen LogP contribution is 2.31. The van der Waals surface area contributed by atoms with Gasteiger partial charge in [-0.1, -0.05) is 12.1 Å². The van der Waals surface area contributed by atoms with Crippen molar-refractivity contribution in [3.8, 4) is 0 Å². The summed E-state index contributed by atoms with van der Waals surface area (Å²) in [6.07, 6.45) is 2.00. The molecule has 2 atom stereocenters. The van der Waals surface area contributed by atoms with Gasteiger partial charge >= 0.3 is 0 Å². The predicted molar refractivity (Wildman–Crippen MR) is 103 cm³/mol. The molecule has 3 rings (SSSR count). The van der Waals surface area contributed by atoms with Crippen molar-refractivity contribution in [2.75, 3.05) is 30.4 Å². The molecule has 2 unspecified atom stereocenters. The van der Waals surface area contributed by atoms with Gasteiger partial charge in [0.05, 0.1) is 24.0 Å². The van der Waals surface area contributed by atoms with Gasteiger partial charge in [0, 0.05) is 19.5 Å². The number of amides is 3. The molecule has 1 aromatic carbocycles. The Labute approximate surface area is 159 Å². The quantitative estimate of drug-likeness (QED) is 0.830. The zero-order valence-corrected chi connectivity index (χ0v) is 15.8. The minimum Gasteiger partial charge on any atom is -0.335 e. The fourth-order valence-electron chi connectivity index (χ4n) is 3.49. The average Bonchev–Trinajstić information content (AvgIpc) is 3.06. The van der Waals surface area contributed by atoms with Crippen molar-refractivity contribution in [3.05, 3.63) is 24.3 Å². The first kappa shape index (κ1) is 20.2. The van der Waals surface area contributed by atoms with E-state index >= 15 is 0 Å². The molecule has 2 N–H and O–H groups in total. The second kappa shape index (κ2) is 8.51. The van der Waals surface area contributed by atoms with Gasteiger partial charge < -0.3 is 20.4 Å². The maximum atomic E-state index is 12.9. The molecule has 142 valence electrons. The predicted octanol–water partition coefficient (Wildman–Crippen LogP) is 1.38. The van der Waals surface area contributed by atoms with Gasteiger partial charge in [0.1, 0.15) is 0 Å². The molecule has 0 aromatic heterocycles. The lowest BCUT2D eigenvalue weighted by Crippen LogP contribution is -2.49. The van der Waals surface area contributed by atoms with Crippen molar-refractivity contribution in [1.82, 2.24) is 10.2 Å². The molecule has 2 heterocycles. The number of likely N-dealkylation sites (N-methyl/N-ethyl adjacent to an activating group) is 1. The van der Waals surface area contributed by atoms with Crippen molar-refractivity contribution < 1.29 is 14.4 Å². The third kappa shape index (κ3) is 4.16. The van der Waals surface area contributed by atoms with Gasteiger partial charge in [0.15, 0.2) is 0 Å². The van der Waals surface area contributed by atoms with Crippen LogP contribution in [0.15, 0.2) is 24.3 Å². The lowest BCUT2D eigenvalue weighted by atomic mass is 10.1. The monoisotopic (exact) mass is 380 g/mol. The Balaban J connectivity index is 0.00000243. The Morgan fingerprint density at radius 1 is 1.31 bits per heavy atom. The number of nitrogens with zero attached hydrogens (tertiary/aromatic N) is 2. The van der Waals surface area contributed by atoms with Gasteiger partial charge in [-0.15, -0.1) is 12.4 Å². The summed E-state index contributed by atoms with van der Waals surface area (Å²) in [6.45, 7) is 2.67. The normalized spacial score (nSPS) is 21.9. The van der Waals surface area contributed by atoms with Gasteiger partial charge in [0.25, 0.3) is 0 Å². The summed E-state index contributed by atoms with van der Waals surface area (Å²) >= 11 is 0. The van der Waals surface area contributed by atoms with Crippen LogP contribution >= 0.6 is 12.4 Å². The summed E-state index contributed by atoms with van der Waals surface area (Å²) in [6, 6.07) is 6.78. The van der Waals surface area contributed by atoms with Crippen LogP contribution in [-0.4, -0.2) is 54.8 Å². The number of hydrogen-bond acceptors (Lipinski definition) is 4. The number of halogens is 1. The van der Waals surface area contributed by atoms with E-state index in [1.165, 1.54) is 4.90 Å². The van der Waals surface area contributed by atoms with Gasteiger partial charge in [-0.3, -0.25) is 14.4 Å². The summed E-state index contributed by atoms with van der Waals surface area (Å²) in [5.41, 5.74) is 1.29. The molecule has 2 aliphatic heterocycles. The molecule has 0 aliphatic carbocycles. The number of carbonyl (C=O) groups excluding carboxylic acids is 3. The smallest absolute Gasteiger partial charge is 0.246 e.